The Morgan fingerprint density at radius 3 is 2.84 bits per heavy atom. The maximum absolute atomic E-state index is 12.2. The molecule has 6 heteroatoms. The fraction of sp³-hybridized carbons (Fsp3) is 0.154. The van der Waals surface area contributed by atoms with Gasteiger partial charge in [-0.15, -0.1) is 11.8 Å². The number of nitrogens with zero attached hydrogens (tertiary/aromatic N) is 1. The molecule has 0 aliphatic carbocycles. The van der Waals surface area contributed by atoms with Crippen LogP contribution in [0.2, 0.25) is 0 Å². The van der Waals surface area contributed by atoms with E-state index in [2.05, 4.69) is 9.71 Å². The van der Waals surface area contributed by atoms with Gasteiger partial charge in [0.15, 0.2) is 0 Å². The molecule has 0 saturated heterocycles. The second-order valence-electron chi connectivity index (χ2n) is 4.15. The lowest BCUT2D eigenvalue weighted by molar-refractivity contribution is 0.609. The number of hydrogen-bond acceptors (Lipinski definition) is 4. The van der Waals surface area contributed by atoms with E-state index in [1.807, 2.05) is 24.3 Å². The first-order chi connectivity index (χ1) is 9.17. The van der Waals surface area contributed by atoms with Gasteiger partial charge in [-0.3, -0.25) is 9.71 Å². The number of hydrogen-bond donors (Lipinski definition) is 1. The molecule has 0 fully saturated rings. The molecule has 0 unspecified atom stereocenters. The summed E-state index contributed by atoms with van der Waals surface area (Å²) in [7, 11) is -3.47. The van der Waals surface area contributed by atoms with Crippen LogP contribution in [0.5, 0.6) is 0 Å². The van der Waals surface area contributed by atoms with Gasteiger partial charge in [-0.1, -0.05) is 24.3 Å². The summed E-state index contributed by atoms with van der Waals surface area (Å²) in [6, 6.07) is 9.19. The van der Waals surface area contributed by atoms with Crippen molar-refractivity contribution in [2.75, 3.05) is 10.5 Å². The Labute approximate surface area is 116 Å². The molecule has 19 heavy (non-hydrogen) atoms. The summed E-state index contributed by atoms with van der Waals surface area (Å²) in [4.78, 5) is 4.24. The van der Waals surface area contributed by atoms with E-state index in [1.165, 1.54) is 11.8 Å². The van der Waals surface area contributed by atoms with E-state index < -0.39 is 10.0 Å². The number of benzene rings is 1. The van der Waals surface area contributed by atoms with E-state index in [-0.39, 0.29) is 0 Å². The monoisotopic (exact) mass is 292 g/mol. The van der Waals surface area contributed by atoms with Crippen LogP contribution in [0.4, 0.5) is 5.69 Å². The summed E-state index contributed by atoms with van der Waals surface area (Å²) in [5.41, 5.74) is 1.18. The lowest BCUT2D eigenvalue weighted by Gasteiger charge is -2.10. The zero-order valence-corrected chi connectivity index (χ0v) is 11.7. The van der Waals surface area contributed by atoms with Crippen molar-refractivity contribution >= 4 is 38.4 Å². The average molecular weight is 292 g/mol. The lowest BCUT2D eigenvalue weighted by atomic mass is 10.2. The molecule has 4 nitrogen and oxygen atoms in total. The third kappa shape index (κ3) is 2.46. The Balaban J connectivity index is 2.02. The Morgan fingerprint density at radius 2 is 2.05 bits per heavy atom. The lowest BCUT2D eigenvalue weighted by Crippen LogP contribution is -2.13. The van der Waals surface area contributed by atoms with Crippen molar-refractivity contribution in [3.8, 4) is 0 Å². The first kappa shape index (κ1) is 12.5. The summed E-state index contributed by atoms with van der Waals surface area (Å²) in [5, 5.41) is 0.913. The van der Waals surface area contributed by atoms with Gasteiger partial charge in [0.05, 0.1) is 11.2 Å². The largest absolute Gasteiger partial charge is 0.277 e. The molecule has 0 saturated carbocycles. The Bertz CT molecular complexity index is 749. The third-order valence-electron chi connectivity index (χ3n) is 2.82. The molecule has 1 N–H and O–H groups in total. The molecule has 2 heterocycles. The molecule has 2 aromatic rings. The molecule has 0 radical (unpaired) electrons. The Kier molecular flexibility index (Phi) is 3.20. The molecule has 1 aromatic heterocycles. The van der Waals surface area contributed by atoms with Crippen molar-refractivity contribution in [1.82, 2.24) is 4.98 Å². The fourth-order valence-electron chi connectivity index (χ4n) is 1.96. The highest BCUT2D eigenvalue weighted by Crippen LogP contribution is 2.31. The average Bonchev–Trinajstić information content (AvgIpc) is 2.93. The van der Waals surface area contributed by atoms with Crippen LogP contribution in [0.15, 0.2) is 46.8 Å². The van der Waals surface area contributed by atoms with Crippen LogP contribution in [0, 0.1) is 0 Å². The smallest absolute Gasteiger partial charge is 0.267 e. The number of thioether (sulfide) groups is 1. The van der Waals surface area contributed by atoms with E-state index >= 15 is 0 Å². The number of aromatic nitrogens is 1. The molecule has 0 spiro atoms. The Hall–Kier alpha value is -1.53. The molecular formula is C13H12N2O2S2. The van der Waals surface area contributed by atoms with Gasteiger partial charge in [0, 0.05) is 17.3 Å². The second-order valence-corrected chi connectivity index (χ2v) is 7.19. The number of nitrogens with one attached hydrogen (secondary N) is 1. The normalized spacial score (nSPS) is 15.5. The number of anilines is 1. The molecule has 1 aromatic carbocycles. The van der Waals surface area contributed by atoms with Gasteiger partial charge in [-0.05, 0) is 18.6 Å². The van der Waals surface area contributed by atoms with Gasteiger partial charge in [-0.25, -0.2) is 8.42 Å². The number of sulfonamides is 1. The van der Waals surface area contributed by atoms with E-state index in [4.69, 9.17) is 0 Å². The summed E-state index contributed by atoms with van der Waals surface area (Å²) in [6.45, 7) is 0. The second kappa shape index (κ2) is 4.86. The minimum absolute atomic E-state index is 0.403. The SMILES string of the molecule is O=S(=O)(Nc1cccc2cccnc12)C1=CCCS1. The number of fused-ring (bicyclic) bond motifs is 1. The molecule has 0 bridgehead atoms. The van der Waals surface area contributed by atoms with Gasteiger partial charge in [0.2, 0.25) is 0 Å². The number of rotatable bonds is 3. The van der Waals surface area contributed by atoms with Crippen LogP contribution in [0.3, 0.4) is 0 Å². The summed E-state index contributed by atoms with van der Waals surface area (Å²) in [6.07, 6.45) is 4.21. The highest BCUT2D eigenvalue weighted by Gasteiger charge is 2.21. The number of pyridine rings is 1. The van der Waals surface area contributed by atoms with Gasteiger partial charge < -0.3 is 0 Å². The van der Waals surface area contributed by atoms with Crippen molar-refractivity contribution in [2.45, 2.75) is 6.42 Å². The first-order valence-electron chi connectivity index (χ1n) is 5.86. The summed E-state index contributed by atoms with van der Waals surface area (Å²) >= 11 is 1.36. The van der Waals surface area contributed by atoms with Gasteiger partial charge in [-0.2, -0.15) is 0 Å². The summed E-state index contributed by atoms with van der Waals surface area (Å²) < 4.78 is 27.5. The van der Waals surface area contributed by atoms with Gasteiger partial charge in [0.1, 0.15) is 4.24 Å². The maximum atomic E-state index is 12.2. The highest BCUT2D eigenvalue weighted by molar-refractivity contribution is 8.19. The third-order valence-corrected chi connectivity index (χ3v) is 5.90. The van der Waals surface area contributed by atoms with Crippen LogP contribution in [0.1, 0.15) is 6.42 Å². The molecule has 98 valence electrons. The van der Waals surface area contributed by atoms with Crippen LogP contribution in [0.25, 0.3) is 10.9 Å². The molecular weight excluding hydrogens is 280 g/mol. The summed E-state index contributed by atoms with van der Waals surface area (Å²) in [5.74, 6) is 0.823. The van der Waals surface area contributed by atoms with Crippen molar-refractivity contribution in [2.24, 2.45) is 0 Å². The highest BCUT2D eigenvalue weighted by atomic mass is 32.3. The van der Waals surface area contributed by atoms with Gasteiger partial charge in [0.25, 0.3) is 10.0 Å². The molecule has 1 aliphatic heterocycles. The van der Waals surface area contributed by atoms with E-state index in [0.29, 0.717) is 15.4 Å². The van der Waals surface area contributed by atoms with Crippen molar-refractivity contribution in [3.63, 3.8) is 0 Å². The van der Waals surface area contributed by atoms with Crippen LogP contribution < -0.4 is 4.72 Å². The van der Waals surface area contributed by atoms with Gasteiger partial charge >= 0.3 is 0 Å². The minimum Gasteiger partial charge on any atom is -0.277 e. The zero-order valence-electron chi connectivity index (χ0n) is 10.0. The maximum Gasteiger partial charge on any atom is 0.267 e. The topological polar surface area (TPSA) is 59.1 Å². The Morgan fingerprint density at radius 1 is 1.21 bits per heavy atom. The van der Waals surface area contributed by atoms with Crippen molar-refractivity contribution in [1.29, 1.82) is 0 Å². The fourth-order valence-corrected chi connectivity index (χ4v) is 4.52. The van der Waals surface area contributed by atoms with Crippen LogP contribution in [-0.2, 0) is 10.0 Å². The van der Waals surface area contributed by atoms with E-state index in [0.717, 1.165) is 17.6 Å². The number of allylic oxidation sites excluding steroid dienone is 1. The van der Waals surface area contributed by atoms with E-state index in [1.54, 1.807) is 18.3 Å². The quantitative estimate of drug-likeness (QED) is 0.945. The first-order valence-corrected chi connectivity index (χ1v) is 8.33. The standard InChI is InChI=1S/C13H12N2O2S2/c16-19(17,12-7-3-9-18-12)15-11-6-1-4-10-5-2-8-14-13(10)11/h1-2,4-8,15H,3,9H2. The predicted octanol–water partition coefficient (Wildman–Crippen LogP) is 2.95. The molecule has 1 aliphatic rings. The molecule has 0 amide bonds. The van der Waals surface area contributed by atoms with E-state index in [9.17, 15) is 8.42 Å². The molecule has 0 atom stereocenters. The predicted molar refractivity (Wildman–Crippen MR) is 79.4 cm³/mol. The van der Waals surface area contributed by atoms with Crippen LogP contribution >= 0.6 is 11.8 Å². The van der Waals surface area contributed by atoms with Crippen molar-refractivity contribution in [3.05, 3.63) is 46.8 Å². The van der Waals surface area contributed by atoms with Crippen molar-refractivity contribution < 1.29 is 8.42 Å². The zero-order chi connectivity index (χ0) is 13.3. The minimum atomic E-state index is -3.47. The molecule has 3 rings (SSSR count). The number of para-hydroxylation sites is 1. The van der Waals surface area contributed by atoms with Crippen LogP contribution in [-0.4, -0.2) is 19.2 Å².